The molecule has 0 saturated heterocycles. The lowest BCUT2D eigenvalue weighted by Gasteiger charge is -2.11. The Morgan fingerprint density at radius 1 is 1.35 bits per heavy atom. The van der Waals surface area contributed by atoms with Crippen molar-refractivity contribution in [2.75, 3.05) is 14.2 Å². The molecule has 2 unspecified atom stereocenters. The third-order valence-corrected chi connectivity index (χ3v) is 3.80. The SMILES string of the molecule is COc1cc(Br)c(C(=O)C2CC2C)c(OC)c1. The van der Waals surface area contributed by atoms with Crippen LogP contribution < -0.4 is 9.47 Å². The summed E-state index contributed by atoms with van der Waals surface area (Å²) >= 11 is 3.42. The van der Waals surface area contributed by atoms with Gasteiger partial charge in [-0.25, -0.2) is 0 Å². The summed E-state index contributed by atoms with van der Waals surface area (Å²) in [7, 11) is 3.15. The lowest BCUT2D eigenvalue weighted by molar-refractivity contribution is 0.0958. The molecule has 1 saturated carbocycles. The molecule has 17 heavy (non-hydrogen) atoms. The van der Waals surface area contributed by atoms with E-state index in [2.05, 4.69) is 22.9 Å². The zero-order chi connectivity index (χ0) is 12.6. The van der Waals surface area contributed by atoms with Gasteiger partial charge in [-0.05, 0) is 34.3 Å². The fourth-order valence-corrected chi connectivity index (χ4v) is 2.56. The highest BCUT2D eigenvalue weighted by atomic mass is 79.9. The molecule has 1 fully saturated rings. The van der Waals surface area contributed by atoms with Crippen LogP contribution in [0.1, 0.15) is 23.7 Å². The second kappa shape index (κ2) is 4.69. The molecule has 0 heterocycles. The second-order valence-electron chi connectivity index (χ2n) is 4.37. The number of hydrogen-bond donors (Lipinski definition) is 0. The summed E-state index contributed by atoms with van der Waals surface area (Å²) < 4.78 is 11.2. The molecule has 1 aliphatic rings. The number of ketones is 1. The Hall–Kier alpha value is -1.03. The maximum absolute atomic E-state index is 12.3. The van der Waals surface area contributed by atoms with E-state index in [4.69, 9.17) is 9.47 Å². The van der Waals surface area contributed by atoms with Crippen LogP contribution in [0.2, 0.25) is 0 Å². The van der Waals surface area contributed by atoms with Crippen molar-refractivity contribution in [1.82, 2.24) is 0 Å². The van der Waals surface area contributed by atoms with Crippen LogP contribution in [0, 0.1) is 11.8 Å². The van der Waals surface area contributed by atoms with Crippen molar-refractivity contribution in [3.05, 3.63) is 22.2 Å². The smallest absolute Gasteiger partial charge is 0.171 e. The van der Waals surface area contributed by atoms with Crippen LogP contribution in [-0.4, -0.2) is 20.0 Å². The summed E-state index contributed by atoms with van der Waals surface area (Å²) in [5.74, 6) is 2.04. The molecule has 2 rings (SSSR count). The van der Waals surface area contributed by atoms with Gasteiger partial charge in [-0.3, -0.25) is 4.79 Å². The Kier molecular flexibility index (Phi) is 3.43. The highest BCUT2D eigenvalue weighted by Gasteiger charge is 2.41. The minimum Gasteiger partial charge on any atom is -0.497 e. The minimum absolute atomic E-state index is 0.147. The van der Waals surface area contributed by atoms with Gasteiger partial charge in [0, 0.05) is 16.5 Å². The number of ether oxygens (including phenoxy) is 2. The van der Waals surface area contributed by atoms with E-state index in [1.54, 1.807) is 26.4 Å². The minimum atomic E-state index is 0.147. The largest absolute Gasteiger partial charge is 0.497 e. The van der Waals surface area contributed by atoms with Gasteiger partial charge in [-0.15, -0.1) is 0 Å². The summed E-state index contributed by atoms with van der Waals surface area (Å²) in [5.41, 5.74) is 0.627. The normalized spacial score (nSPS) is 22.1. The fourth-order valence-electron chi connectivity index (χ4n) is 1.95. The maximum Gasteiger partial charge on any atom is 0.171 e. The third-order valence-electron chi connectivity index (χ3n) is 3.18. The Morgan fingerprint density at radius 3 is 2.47 bits per heavy atom. The van der Waals surface area contributed by atoms with Crippen molar-refractivity contribution in [2.24, 2.45) is 11.8 Å². The number of rotatable bonds is 4. The highest BCUT2D eigenvalue weighted by Crippen LogP contribution is 2.44. The summed E-state index contributed by atoms with van der Waals surface area (Å²) in [6.45, 7) is 2.09. The first-order valence-corrected chi connectivity index (χ1v) is 6.33. The van der Waals surface area contributed by atoms with Gasteiger partial charge >= 0.3 is 0 Å². The molecule has 1 aromatic rings. The van der Waals surface area contributed by atoms with Crippen LogP contribution in [0.5, 0.6) is 11.5 Å². The topological polar surface area (TPSA) is 35.5 Å². The van der Waals surface area contributed by atoms with Gasteiger partial charge in [0.1, 0.15) is 11.5 Å². The summed E-state index contributed by atoms with van der Waals surface area (Å²) in [5, 5.41) is 0. The summed E-state index contributed by atoms with van der Waals surface area (Å²) in [6.07, 6.45) is 0.973. The van der Waals surface area contributed by atoms with Crippen LogP contribution in [0.3, 0.4) is 0 Å². The molecule has 0 aromatic heterocycles. The van der Waals surface area contributed by atoms with Crippen LogP contribution in [-0.2, 0) is 0 Å². The quantitative estimate of drug-likeness (QED) is 0.800. The van der Waals surface area contributed by atoms with Crippen molar-refractivity contribution < 1.29 is 14.3 Å². The molecule has 92 valence electrons. The van der Waals surface area contributed by atoms with Crippen molar-refractivity contribution in [2.45, 2.75) is 13.3 Å². The van der Waals surface area contributed by atoms with E-state index >= 15 is 0 Å². The first kappa shape index (κ1) is 12.4. The molecule has 1 aliphatic carbocycles. The predicted octanol–water partition coefficient (Wildman–Crippen LogP) is 3.31. The molecule has 0 amide bonds. The summed E-state index contributed by atoms with van der Waals surface area (Å²) in [4.78, 5) is 12.3. The fraction of sp³-hybridized carbons (Fsp3) is 0.462. The van der Waals surface area contributed by atoms with Crippen molar-refractivity contribution in [3.8, 4) is 11.5 Å². The first-order chi connectivity index (χ1) is 8.08. The molecule has 0 radical (unpaired) electrons. The summed E-state index contributed by atoms with van der Waals surface area (Å²) in [6, 6.07) is 3.54. The van der Waals surface area contributed by atoms with E-state index in [9.17, 15) is 4.79 Å². The number of carbonyl (C=O) groups is 1. The van der Waals surface area contributed by atoms with E-state index in [1.807, 2.05) is 0 Å². The molecule has 0 aliphatic heterocycles. The first-order valence-electron chi connectivity index (χ1n) is 5.54. The Bertz CT molecular complexity index is 456. The van der Waals surface area contributed by atoms with E-state index in [1.165, 1.54) is 0 Å². The molecular formula is C13H15BrO3. The van der Waals surface area contributed by atoms with Crippen molar-refractivity contribution in [1.29, 1.82) is 0 Å². The number of methoxy groups -OCH3 is 2. The van der Waals surface area contributed by atoms with Gasteiger partial charge in [-0.2, -0.15) is 0 Å². The molecular weight excluding hydrogens is 284 g/mol. The Labute approximate surface area is 109 Å². The molecule has 0 bridgehead atoms. The van der Waals surface area contributed by atoms with Gasteiger partial charge in [0.15, 0.2) is 5.78 Å². The predicted molar refractivity (Wildman–Crippen MR) is 68.8 cm³/mol. The average Bonchev–Trinajstić information content (AvgIpc) is 3.04. The third kappa shape index (κ3) is 2.32. The van der Waals surface area contributed by atoms with E-state index in [0.29, 0.717) is 23.0 Å². The van der Waals surface area contributed by atoms with Gasteiger partial charge < -0.3 is 9.47 Å². The second-order valence-corrected chi connectivity index (χ2v) is 5.22. The molecule has 1 aromatic carbocycles. The van der Waals surface area contributed by atoms with Crippen LogP contribution in [0.25, 0.3) is 0 Å². The highest BCUT2D eigenvalue weighted by molar-refractivity contribution is 9.10. The van der Waals surface area contributed by atoms with Crippen molar-refractivity contribution in [3.63, 3.8) is 0 Å². The van der Waals surface area contributed by atoms with E-state index in [0.717, 1.165) is 10.9 Å². The van der Waals surface area contributed by atoms with Crippen LogP contribution in [0.4, 0.5) is 0 Å². The maximum atomic E-state index is 12.3. The number of halogens is 1. The zero-order valence-corrected chi connectivity index (χ0v) is 11.7. The van der Waals surface area contributed by atoms with Gasteiger partial charge in [0.25, 0.3) is 0 Å². The number of benzene rings is 1. The molecule has 4 heteroatoms. The lowest BCUT2D eigenvalue weighted by Crippen LogP contribution is -2.07. The molecule has 2 atom stereocenters. The molecule has 0 N–H and O–H groups in total. The molecule has 3 nitrogen and oxygen atoms in total. The molecule has 0 spiro atoms. The number of hydrogen-bond acceptors (Lipinski definition) is 3. The zero-order valence-electron chi connectivity index (χ0n) is 10.1. The monoisotopic (exact) mass is 298 g/mol. The van der Waals surface area contributed by atoms with Gasteiger partial charge in [0.05, 0.1) is 19.8 Å². The van der Waals surface area contributed by atoms with Crippen molar-refractivity contribution >= 4 is 21.7 Å². The number of Topliss-reactive ketones (excluding diaryl/α,β-unsaturated/α-hetero) is 1. The van der Waals surface area contributed by atoms with Gasteiger partial charge in [-0.1, -0.05) is 6.92 Å². The average molecular weight is 299 g/mol. The van der Waals surface area contributed by atoms with E-state index in [-0.39, 0.29) is 11.7 Å². The van der Waals surface area contributed by atoms with E-state index < -0.39 is 0 Å². The van der Waals surface area contributed by atoms with Crippen LogP contribution in [0.15, 0.2) is 16.6 Å². The Balaban J connectivity index is 2.41. The standard InChI is InChI=1S/C13H15BrO3/c1-7-4-9(7)13(15)12-10(14)5-8(16-2)6-11(12)17-3/h5-7,9H,4H2,1-3H3. The van der Waals surface area contributed by atoms with Crippen LogP contribution >= 0.6 is 15.9 Å². The number of carbonyl (C=O) groups excluding carboxylic acids is 1. The van der Waals surface area contributed by atoms with Gasteiger partial charge in [0.2, 0.25) is 0 Å². The Morgan fingerprint density at radius 2 is 2.00 bits per heavy atom. The lowest BCUT2D eigenvalue weighted by atomic mass is 10.0.